The number of nitrogens with zero attached hydrogens (tertiary/aromatic N) is 1. The molecule has 4 rings (SSSR count). The highest BCUT2D eigenvalue weighted by Gasteiger charge is 2.24. The number of fused-ring (bicyclic) bond motifs is 3. The molecule has 148 valence electrons. The SMILES string of the molecule is COC(=O)c1c(NS(=O)(=O)c2ccc(F)cc2Br)ccc2c1ncc1occc12. The number of esters is 1. The summed E-state index contributed by atoms with van der Waals surface area (Å²) in [5.41, 5.74) is 0.715. The van der Waals surface area contributed by atoms with E-state index in [1.165, 1.54) is 25.6 Å². The molecule has 1 N–H and O–H groups in total. The molecule has 2 heterocycles. The Hall–Kier alpha value is -2.98. The summed E-state index contributed by atoms with van der Waals surface area (Å²) in [5.74, 6) is -1.35. The summed E-state index contributed by atoms with van der Waals surface area (Å²) in [6.07, 6.45) is 2.94. The number of sulfonamides is 1. The number of carbonyl (C=O) groups is 1. The lowest BCUT2D eigenvalue weighted by Crippen LogP contribution is -2.17. The first-order valence-corrected chi connectivity index (χ1v) is 10.4. The van der Waals surface area contributed by atoms with Crippen molar-refractivity contribution in [3.05, 3.63) is 64.7 Å². The summed E-state index contributed by atoms with van der Waals surface area (Å²) in [6.45, 7) is 0. The van der Waals surface area contributed by atoms with Gasteiger partial charge in [0, 0.05) is 15.2 Å². The highest BCUT2D eigenvalue weighted by Crippen LogP contribution is 2.33. The maximum absolute atomic E-state index is 13.3. The molecule has 0 amide bonds. The lowest BCUT2D eigenvalue weighted by Gasteiger charge is -2.14. The fraction of sp³-hybridized carbons (Fsp3) is 0.0526. The molecule has 0 aliphatic heterocycles. The third kappa shape index (κ3) is 3.34. The van der Waals surface area contributed by atoms with Gasteiger partial charge in [0.15, 0.2) is 5.58 Å². The van der Waals surface area contributed by atoms with Gasteiger partial charge in [-0.25, -0.2) is 17.6 Å². The molecular formula is C19H12BrFN2O5S. The first-order chi connectivity index (χ1) is 13.8. The van der Waals surface area contributed by atoms with Crippen LogP contribution in [0.4, 0.5) is 10.1 Å². The standard InChI is InChI=1S/C19H12BrFN2O5S/c1-27-19(24)17-14(23-29(25,26)16-5-2-10(21)8-13(16)20)4-3-12-11-6-7-28-15(11)9-22-18(12)17/h2-9,23H,1H3. The Morgan fingerprint density at radius 1 is 1.21 bits per heavy atom. The Labute approximate surface area is 172 Å². The molecule has 2 aromatic carbocycles. The molecule has 0 saturated heterocycles. The predicted molar refractivity (Wildman–Crippen MR) is 108 cm³/mol. The average Bonchev–Trinajstić information content (AvgIpc) is 3.15. The monoisotopic (exact) mass is 478 g/mol. The highest BCUT2D eigenvalue weighted by atomic mass is 79.9. The first-order valence-electron chi connectivity index (χ1n) is 8.17. The normalized spacial score (nSPS) is 11.7. The van der Waals surface area contributed by atoms with Gasteiger partial charge in [0.05, 0.1) is 30.8 Å². The van der Waals surface area contributed by atoms with E-state index in [0.717, 1.165) is 23.6 Å². The van der Waals surface area contributed by atoms with E-state index in [2.05, 4.69) is 25.6 Å². The summed E-state index contributed by atoms with van der Waals surface area (Å²) in [6, 6.07) is 7.97. The Morgan fingerprint density at radius 3 is 2.72 bits per heavy atom. The minimum Gasteiger partial charge on any atom is -0.465 e. The molecule has 7 nitrogen and oxygen atoms in total. The van der Waals surface area contributed by atoms with Crippen LogP contribution in [0, 0.1) is 5.82 Å². The first kappa shape index (κ1) is 19.3. The van der Waals surface area contributed by atoms with Crippen LogP contribution in [0.25, 0.3) is 21.9 Å². The number of methoxy groups -OCH3 is 1. The zero-order valence-corrected chi connectivity index (χ0v) is 17.2. The Kier molecular flexibility index (Phi) is 4.75. The van der Waals surface area contributed by atoms with Gasteiger partial charge < -0.3 is 9.15 Å². The van der Waals surface area contributed by atoms with Gasteiger partial charge in [0.1, 0.15) is 16.3 Å². The molecule has 0 atom stereocenters. The van der Waals surface area contributed by atoms with Crippen molar-refractivity contribution < 1.29 is 26.8 Å². The molecule has 0 aliphatic carbocycles. The van der Waals surface area contributed by atoms with Crippen molar-refractivity contribution >= 4 is 59.5 Å². The number of furan rings is 1. The van der Waals surface area contributed by atoms with Crippen LogP contribution in [0.5, 0.6) is 0 Å². The number of nitrogens with one attached hydrogen (secondary N) is 1. The van der Waals surface area contributed by atoms with Gasteiger partial charge in [-0.2, -0.15) is 0 Å². The van der Waals surface area contributed by atoms with Crippen LogP contribution in [0.1, 0.15) is 10.4 Å². The molecule has 0 bridgehead atoms. The van der Waals surface area contributed by atoms with E-state index in [9.17, 15) is 17.6 Å². The van der Waals surface area contributed by atoms with Gasteiger partial charge in [-0.1, -0.05) is 0 Å². The van der Waals surface area contributed by atoms with E-state index in [1.807, 2.05) is 0 Å². The van der Waals surface area contributed by atoms with E-state index in [-0.39, 0.29) is 26.1 Å². The molecule has 4 aromatic rings. The van der Waals surface area contributed by atoms with Gasteiger partial charge in [0.2, 0.25) is 0 Å². The zero-order valence-electron chi connectivity index (χ0n) is 14.8. The van der Waals surface area contributed by atoms with Crippen molar-refractivity contribution in [1.29, 1.82) is 0 Å². The summed E-state index contributed by atoms with van der Waals surface area (Å²) < 4.78 is 51.6. The van der Waals surface area contributed by atoms with Crippen LogP contribution in [0.2, 0.25) is 0 Å². The number of halogens is 2. The average molecular weight is 479 g/mol. The number of pyridine rings is 1. The summed E-state index contributed by atoms with van der Waals surface area (Å²) >= 11 is 3.05. The molecule has 10 heteroatoms. The second kappa shape index (κ2) is 7.12. The molecule has 0 radical (unpaired) electrons. The predicted octanol–water partition coefficient (Wildman–Crippen LogP) is 4.47. The number of anilines is 1. The van der Waals surface area contributed by atoms with Crippen molar-refractivity contribution in [2.24, 2.45) is 0 Å². The van der Waals surface area contributed by atoms with Crippen molar-refractivity contribution in [3.8, 4) is 0 Å². The maximum atomic E-state index is 13.3. The van der Waals surface area contributed by atoms with Gasteiger partial charge in [-0.3, -0.25) is 9.71 Å². The van der Waals surface area contributed by atoms with E-state index >= 15 is 0 Å². The van der Waals surface area contributed by atoms with Crippen molar-refractivity contribution in [2.75, 3.05) is 11.8 Å². The number of hydrogen-bond donors (Lipinski definition) is 1. The van der Waals surface area contributed by atoms with Crippen LogP contribution in [-0.4, -0.2) is 26.5 Å². The van der Waals surface area contributed by atoms with Crippen LogP contribution in [-0.2, 0) is 14.8 Å². The molecule has 0 unspecified atom stereocenters. The topological polar surface area (TPSA) is 98.5 Å². The molecule has 2 aromatic heterocycles. The summed E-state index contributed by atoms with van der Waals surface area (Å²) in [7, 11) is -2.96. The maximum Gasteiger partial charge on any atom is 0.342 e. The second-order valence-electron chi connectivity index (χ2n) is 6.01. The van der Waals surface area contributed by atoms with E-state index in [1.54, 1.807) is 12.1 Å². The van der Waals surface area contributed by atoms with Crippen molar-refractivity contribution in [3.63, 3.8) is 0 Å². The number of aromatic nitrogens is 1. The molecule has 29 heavy (non-hydrogen) atoms. The quantitative estimate of drug-likeness (QED) is 0.434. The Morgan fingerprint density at radius 2 is 2.00 bits per heavy atom. The summed E-state index contributed by atoms with van der Waals surface area (Å²) in [4.78, 5) is 16.5. The molecule has 0 saturated carbocycles. The molecule has 0 aliphatic rings. The second-order valence-corrected chi connectivity index (χ2v) is 8.52. The number of hydrogen-bond acceptors (Lipinski definition) is 6. The van der Waals surface area contributed by atoms with Gasteiger partial charge in [0.25, 0.3) is 10.0 Å². The number of carbonyl (C=O) groups excluding carboxylic acids is 1. The fourth-order valence-corrected chi connectivity index (χ4v) is 5.12. The molecule has 0 spiro atoms. The Bertz CT molecular complexity index is 1380. The minimum atomic E-state index is -4.14. The van der Waals surface area contributed by atoms with Crippen molar-refractivity contribution in [1.82, 2.24) is 4.98 Å². The van der Waals surface area contributed by atoms with Crippen molar-refractivity contribution in [2.45, 2.75) is 4.90 Å². The minimum absolute atomic E-state index is 0.0177. The van der Waals surface area contributed by atoms with Gasteiger partial charge >= 0.3 is 5.97 Å². The fourth-order valence-electron chi connectivity index (χ4n) is 3.00. The van der Waals surface area contributed by atoms with Gasteiger partial charge in [-0.05, 0) is 52.3 Å². The third-order valence-corrected chi connectivity index (χ3v) is 6.63. The lowest BCUT2D eigenvalue weighted by atomic mass is 10.1. The lowest BCUT2D eigenvalue weighted by molar-refractivity contribution is 0.0604. The number of benzene rings is 2. The molecular weight excluding hydrogens is 467 g/mol. The summed E-state index contributed by atoms with van der Waals surface area (Å²) in [5, 5.41) is 1.32. The van der Waals surface area contributed by atoms with Crippen LogP contribution in [0.3, 0.4) is 0 Å². The third-order valence-electron chi connectivity index (χ3n) is 4.29. The molecule has 0 fully saturated rings. The zero-order chi connectivity index (χ0) is 20.8. The van der Waals surface area contributed by atoms with E-state index in [4.69, 9.17) is 9.15 Å². The van der Waals surface area contributed by atoms with E-state index in [0.29, 0.717) is 11.0 Å². The number of rotatable bonds is 4. The Balaban J connectivity index is 1.91. The smallest absolute Gasteiger partial charge is 0.342 e. The van der Waals surface area contributed by atoms with E-state index < -0.39 is 21.8 Å². The highest BCUT2D eigenvalue weighted by molar-refractivity contribution is 9.10. The van der Waals surface area contributed by atoms with Crippen LogP contribution >= 0.6 is 15.9 Å². The van der Waals surface area contributed by atoms with Crippen LogP contribution in [0.15, 0.2) is 62.6 Å². The van der Waals surface area contributed by atoms with Crippen LogP contribution < -0.4 is 4.72 Å². The van der Waals surface area contributed by atoms with Gasteiger partial charge in [-0.15, -0.1) is 0 Å². The largest absolute Gasteiger partial charge is 0.465 e. The number of ether oxygens (including phenoxy) is 1.